The van der Waals surface area contributed by atoms with Gasteiger partial charge in [0, 0.05) is 77.6 Å². The molecule has 0 atom stereocenters. The molecule has 0 amide bonds. The largest absolute Gasteiger partial charge is 0.310 e. The molecule has 3 aromatic heterocycles. The molecule has 1 nitrogen and oxygen atoms in total. The molecule has 0 unspecified atom stereocenters. The fraction of sp³-hybridized carbons (Fsp3) is 0. The summed E-state index contributed by atoms with van der Waals surface area (Å²) in [7, 11) is 0. The van der Waals surface area contributed by atoms with Crippen LogP contribution in [0.5, 0.6) is 0 Å². The molecule has 11 rings (SSSR count). The molecule has 0 aliphatic rings. The van der Waals surface area contributed by atoms with Gasteiger partial charge < -0.3 is 4.90 Å². The number of rotatable bonds is 4. The van der Waals surface area contributed by atoms with Gasteiger partial charge in [-0.1, -0.05) is 97.1 Å². The summed E-state index contributed by atoms with van der Waals surface area (Å²) in [6.07, 6.45) is 0. The van der Waals surface area contributed by atoms with Gasteiger partial charge in [-0.2, -0.15) is 0 Å². The van der Waals surface area contributed by atoms with E-state index in [9.17, 15) is 0 Å². The van der Waals surface area contributed by atoms with E-state index in [2.05, 4.69) is 169 Å². The SMILES string of the molecule is c1ccc2cc3c(cc2c1)sc1c(-c2ccc(N(c4ccc5c(c4)sc4ccccc45)c4ccc5sc6ccccc6c5c4)cc2)cccc13. The highest BCUT2D eigenvalue weighted by Crippen LogP contribution is 2.45. The van der Waals surface area contributed by atoms with E-state index < -0.39 is 0 Å². The lowest BCUT2D eigenvalue weighted by molar-refractivity contribution is 1.30. The molecule has 0 saturated heterocycles. The van der Waals surface area contributed by atoms with Gasteiger partial charge in [0.05, 0.1) is 0 Å². The Labute approximate surface area is 300 Å². The first kappa shape index (κ1) is 28.3. The van der Waals surface area contributed by atoms with Crippen LogP contribution < -0.4 is 4.90 Å². The van der Waals surface area contributed by atoms with E-state index in [0.29, 0.717) is 0 Å². The normalized spacial score (nSPS) is 12.0. The molecule has 0 saturated carbocycles. The predicted molar refractivity (Wildman–Crippen MR) is 223 cm³/mol. The average Bonchev–Trinajstić information content (AvgIpc) is 3.85. The van der Waals surface area contributed by atoms with Crippen LogP contribution in [0.3, 0.4) is 0 Å². The van der Waals surface area contributed by atoms with Crippen molar-refractivity contribution in [1.29, 1.82) is 0 Å². The Morgan fingerprint density at radius 2 is 0.880 bits per heavy atom. The van der Waals surface area contributed by atoms with Crippen molar-refractivity contribution in [1.82, 2.24) is 0 Å². The molecule has 50 heavy (non-hydrogen) atoms. The summed E-state index contributed by atoms with van der Waals surface area (Å²) in [4.78, 5) is 2.42. The van der Waals surface area contributed by atoms with Crippen molar-refractivity contribution < 1.29 is 0 Å². The molecular weight excluding hydrogens is 663 g/mol. The summed E-state index contributed by atoms with van der Waals surface area (Å²) >= 11 is 5.63. The van der Waals surface area contributed by atoms with Gasteiger partial charge in [0.2, 0.25) is 0 Å². The van der Waals surface area contributed by atoms with Gasteiger partial charge in [-0.05, 0) is 88.6 Å². The van der Waals surface area contributed by atoms with Crippen molar-refractivity contribution in [2.75, 3.05) is 4.90 Å². The Morgan fingerprint density at radius 3 is 1.70 bits per heavy atom. The minimum Gasteiger partial charge on any atom is -0.310 e. The Kier molecular flexibility index (Phi) is 6.23. The second kappa shape index (κ2) is 11.0. The number of hydrogen-bond acceptors (Lipinski definition) is 4. The van der Waals surface area contributed by atoms with Crippen LogP contribution >= 0.6 is 34.0 Å². The number of thiophene rings is 3. The molecule has 4 heteroatoms. The highest BCUT2D eigenvalue weighted by molar-refractivity contribution is 7.27. The smallest absolute Gasteiger partial charge is 0.0476 e. The Morgan fingerprint density at radius 1 is 0.320 bits per heavy atom. The number of anilines is 3. The van der Waals surface area contributed by atoms with E-state index in [-0.39, 0.29) is 0 Å². The van der Waals surface area contributed by atoms with Crippen LogP contribution in [0.25, 0.3) is 82.4 Å². The highest BCUT2D eigenvalue weighted by atomic mass is 32.1. The van der Waals surface area contributed by atoms with Gasteiger partial charge in [-0.25, -0.2) is 0 Å². The zero-order valence-corrected chi connectivity index (χ0v) is 29.2. The molecule has 0 bridgehead atoms. The minimum absolute atomic E-state index is 1.14. The van der Waals surface area contributed by atoms with Crippen LogP contribution in [-0.4, -0.2) is 0 Å². The molecule has 0 fully saturated rings. The van der Waals surface area contributed by atoms with Gasteiger partial charge in [0.25, 0.3) is 0 Å². The molecule has 0 spiro atoms. The van der Waals surface area contributed by atoms with Crippen LogP contribution in [0.2, 0.25) is 0 Å². The minimum atomic E-state index is 1.14. The molecule has 0 N–H and O–H groups in total. The third-order valence-electron chi connectivity index (χ3n) is 10.0. The zero-order chi connectivity index (χ0) is 32.8. The summed E-state index contributed by atoms with van der Waals surface area (Å²) in [6, 6.07) is 60.7. The Bertz CT molecular complexity index is 3110. The summed E-state index contributed by atoms with van der Waals surface area (Å²) < 4.78 is 7.94. The van der Waals surface area contributed by atoms with Crippen molar-refractivity contribution in [2.24, 2.45) is 0 Å². The molecule has 234 valence electrons. The molecule has 11 aromatic rings. The maximum absolute atomic E-state index is 2.42. The van der Waals surface area contributed by atoms with E-state index in [1.807, 2.05) is 34.0 Å². The molecular formula is C46H27NS3. The van der Waals surface area contributed by atoms with Crippen LogP contribution in [0, 0.1) is 0 Å². The zero-order valence-electron chi connectivity index (χ0n) is 26.8. The Balaban J connectivity index is 1.07. The topological polar surface area (TPSA) is 3.24 Å². The lowest BCUT2D eigenvalue weighted by atomic mass is 10.0. The standard InChI is InChI=1S/C46H27NS3/c1-2-9-30-25-44-39(24-29(30)8-1)38-13-7-12-34(46(38)50-44)28-16-18-31(19-17-28)47(32-21-23-43-40(26-32)36-11-4-6-15-42(36)48-43)33-20-22-37-35-10-3-5-14-41(35)49-45(37)27-33/h1-27H. The summed E-state index contributed by atoms with van der Waals surface area (Å²) in [5.41, 5.74) is 5.98. The van der Waals surface area contributed by atoms with Gasteiger partial charge in [-0.3, -0.25) is 0 Å². The molecule has 0 aliphatic carbocycles. The molecule has 0 aliphatic heterocycles. The fourth-order valence-electron chi connectivity index (χ4n) is 7.65. The fourth-order valence-corrected chi connectivity index (χ4v) is 11.1. The van der Waals surface area contributed by atoms with Crippen LogP contribution in [0.4, 0.5) is 17.1 Å². The maximum Gasteiger partial charge on any atom is 0.0476 e. The van der Waals surface area contributed by atoms with Crippen LogP contribution in [0.15, 0.2) is 164 Å². The molecule has 0 radical (unpaired) electrons. The van der Waals surface area contributed by atoms with E-state index in [1.54, 1.807) is 0 Å². The summed E-state index contributed by atoms with van der Waals surface area (Å²) in [5.74, 6) is 0. The van der Waals surface area contributed by atoms with Crippen LogP contribution in [-0.2, 0) is 0 Å². The van der Waals surface area contributed by atoms with Gasteiger partial charge in [-0.15, -0.1) is 34.0 Å². The molecule has 8 aromatic carbocycles. The van der Waals surface area contributed by atoms with Crippen molar-refractivity contribution in [3.8, 4) is 11.1 Å². The van der Waals surface area contributed by atoms with Crippen molar-refractivity contribution in [3.63, 3.8) is 0 Å². The number of hydrogen-bond donors (Lipinski definition) is 0. The first-order valence-corrected chi connectivity index (χ1v) is 19.3. The first-order valence-electron chi connectivity index (χ1n) is 16.8. The monoisotopic (exact) mass is 689 g/mol. The van der Waals surface area contributed by atoms with Crippen molar-refractivity contribution in [3.05, 3.63) is 164 Å². The highest BCUT2D eigenvalue weighted by Gasteiger charge is 2.18. The molecule has 3 heterocycles. The lowest BCUT2D eigenvalue weighted by Crippen LogP contribution is -2.09. The van der Waals surface area contributed by atoms with Gasteiger partial charge in [0.15, 0.2) is 0 Å². The van der Waals surface area contributed by atoms with E-state index >= 15 is 0 Å². The summed E-state index contributed by atoms with van der Waals surface area (Å²) in [5, 5.41) is 10.5. The summed E-state index contributed by atoms with van der Waals surface area (Å²) in [6.45, 7) is 0. The van der Waals surface area contributed by atoms with Gasteiger partial charge >= 0.3 is 0 Å². The first-order chi connectivity index (χ1) is 24.7. The maximum atomic E-state index is 2.42. The number of fused-ring (bicyclic) bond motifs is 10. The quantitative estimate of drug-likeness (QED) is 0.178. The number of nitrogens with zero attached hydrogens (tertiary/aromatic N) is 1. The number of benzene rings is 8. The van der Waals surface area contributed by atoms with E-state index in [1.165, 1.54) is 82.4 Å². The third-order valence-corrected chi connectivity index (χ3v) is 13.5. The average molecular weight is 690 g/mol. The lowest BCUT2D eigenvalue weighted by Gasteiger charge is -2.26. The predicted octanol–water partition coefficient (Wildman–Crippen LogP) is 15.1. The van der Waals surface area contributed by atoms with Crippen molar-refractivity contribution >= 4 is 122 Å². The Hall–Kier alpha value is -5.52. The van der Waals surface area contributed by atoms with Crippen LogP contribution in [0.1, 0.15) is 0 Å². The second-order valence-corrected chi connectivity index (χ2v) is 16.1. The second-order valence-electron chi connectivity index (χ2n) is 12.9. The third kappa shape index (κ3) is 4.36. The van der Waals surface area contributed by atoms with E-state index in [4.69, 9.17) is 0 Å². The van der Waals surface area contributed by atoms with Crippen molar-refractivity contribution in [2.45, 2.75) is 0 Å². The van der Waals surface area contributed by atoms with Gasteiger partial charge in [0.1, 0.15) is 0 Å². The van der Waals surface area contributed by atoms with E-state index in [0.717, 1.165) is 17.1 Å².